The van der Waals surface area contributed by atoms with Gasteiger partial charge in [0.15, 0.2) is 6.73 Å². The summed E-state index contributed by atoms with van der Waals surface area (Å²) in [5.41, 5.74) is 0.874. The minimum absolute atomic E-state index is 0.0311. The maximum absolute atomic E-state index is 11.9. The van der Waals surface area contributed by atoms with Crippen LogP contribution in [0.2, 0.25) is 0 Å². The van der Waals surface area contributed by atoms with Crippen molar-refractivity contribution >= 4 is 12.1 Å². The highest BCUT2D eigenvalue weighted by Gasteiger charge is 2.38. The van der Waals surface area contributed by atoms with E-state index in [1.807, 2.05) is 30.3 Å². The number of cyclic esters (lactones) is 1. The molecule has 0 aromatic heterocycles. The number of carbonyl (C=O) groups excluding carboxylic acids is 2. The summed E-state index contributed by atoms with van der Waals surface area (Å²) in [7, 11) is 0. The fourth-order valence-corrected chi connectivity index (χ4v) is 1.99. The number of benzene rings is 1. The molecule has 2 rings (SSSR count). The lowest BCUT2D eigenvalue weighted by Gasteiger charge is -2.19. The van der Waals surface area contributed by atoms with Gasteiger partial charge in [-0.25, -0.2) is 9.59 Å². The third-order valence-corrected chi connectivity index (χ3v) is 3.07. The molecule has 0 aliphatic carbocycles. The van der Waals surface area contributed by atoms with Gasteiger partial charge in [-0.2, -0.15) is 0 Å². The summed E-state index contributed by atoms with van der Waals surface area (Å²) in [4.78, 5) is 24.7. The molecule has 1 amide bonds. The van der Waals surface area contributed by atoms with E-state index in [4.69, 9.17) is 14.6 Å². The summed E-state index contributed by atoms with van der Waals surface area (Å²) in [6.45, 7) is 0.0241. The number of rotatable bonds is 5. The molecule has 1 aliphatic heterocycles. The highest BCUT2D eigenvalue weighted by Crippen LogP contribution is 2.18. The lowest BCUT2D eigenvalue weighted by Crippen LogP contribution is -2.38. The van der Waals surface area contributed by atoms with Crippen molar-refractivity contribution in [1.82, 2.24) is 4.90 Å². The van der Waals surface area contributed by atoms with Crippen LogP contribution in [-0.4, -0.2) is 41.4 Å². The van der Waals surface area contributed by atoms with E-state index in [2.05, 4.69) is 0 Å². The number of ether oxygens (including phenoxy) is 2. The predicted molar refractivity (Wildman–Crippen MR) is 69.5 cm³/mol. The van der Waals surface area contributed by atoms with Gasteiger partial charge in [-0.15, -0.1) is 0 Å². The van der Waals surface area contributed by atoms with E-state index in [9.17, 15) is 9.59 Å². The van der Waals surface area contributed by atoms with Gasteiger partial charge in [0.25, 0.3) is 0 Å². The summed E-state index contributed by atoms with van der Waals surface area (Å²) in [6.07, 6.45) is 0.223. The van der Waals surface area contributed by atoms with E-state index in [-0.39, 0.29) is 19.9 Å². The molecule has 1 fully saturated rings. The molecule has 6 heteroatoms. The number of nitrogens with zero attached hydrogens (tertiary/aromatic N) is 1. The minimum atomic E-state index is -0.662. The molecule has 0 radical (unpaired) electrons. The summed E-state index contributed by atoms with van der Waals surface area (Å²) in [5.74, 6) is -0.449. The fourth-order valence-electron chi connectivity index (χ4n) is 1.99. The van der Waals surface area contributed by atoms with Crippen molar-refractivity contribution in [3.8, 4) is 0 Å². The third kappa shape index (κ3) is 3.48. The molecule has 1 unspecified atom stereocenters. The quantitative estimate of drug-likeness (QED) is 0.822. The van der Waals surface area contributed by atoms with Gasteiger partial charge >= 0.3 is 12.1 Å². The Bertz CT molecular complexity index is 462. The fraction of sp³-hybridized carbons (Fsp3) is 0.429. The first kappa shape index (κ1) is 14.3. The first-order valence-electron chi connectivity index (χ1n) is 6.47. The van der Waals surface area contributed by atoms with Gasteiger partial charge in [0.2, 0.25) is 0 Å². The van der Waals surface area contributed by atoms with Crippen molar-refractivity contribution in [2.45, 2.75) is 25.5 Å². The van der Waals surface area contributed by atoms with Crippen molar-refractivity contribution in [1.29, 1.82) is 0 Å². The van der Waals surface area contributed by atoms with Crippen molar-refractivity contribution in [3.05, 3.63) is 35.9 Å². The van der Waals surface area contributed by atoms with Gasteiger partial charge in [-0.05, 0) is 18.4 Å². The predicted octanol–water partition coefficient (Wildman–Crippen LogP) is 1.28. The van der Waals surface area contributed by atoms with Gasteiger partial charge in [0.05, 0.1) is 0 Å². The van der Waals surface area contributed by atoms with Gasteiger partial charge in [-0.1, -0.05) is 30.3 Å². The lowest BCUT2D eigenvalue weighted by molar-refractivity contribution is -0.139. The van der Waals surface area contributed by atoms with Crippen LogP contribution in [0, 0.1) is 0 Å². The number of carbonyl (C=O) groups is 2. The summed E-state index contributed by atoms with van der Waals surface area (Å²) in [5, 5.41) is 8.80. The second-order valence-electron chi connectivity index (χ2n) is 4.48. The number of aliphatic hydroxyl groups excluding tert-OH is 1. The van der Waals surface area contributed by atoms with Crippen molar-refractivity contribution in [2.75, 3.05) is 13.3 Å². The molecule has 108 valence electrons. The zero-order valence-corrected chi connectivity index (χ0v) is 11.0. The molecule has 1 aromatic carbocycles. The Labute approximate surface area is 116 Å². The van der Waals surface area contributed by atoms with Crippen LogP contribution in [0.1, 0.15) is 18.4 Å². The monoisotopic (exact) mass is 279 g/mol. The zero-order valence-electron chi connectivity index (χ0n) is 11.0. The Balaban J connectivity index is 1.89. The van der Waals surface area contributed by atoms with Crippen LogP contribution < -0.4 is 0 Å². The van der Waals surface area contributed by atoms with Crippen LogP contribution in [-0.2, 0) is 20.9 Å². The van der Waals surface area contributed by atoms with E-state index in [0.29, 0.717) is 12.8 Å². The lowest BCUT2D eigenvalue weighted by atomic mass is 10.1. The number of esters is 1. The van der Waals surface area contributed by atoms with Crippen molar-refractivity contribution in [2.24, 2.45) is 0 Å². The first-order valence-corrected chi connectivity index (χ1v) is 6.47. The van der Waals surface area contributed by atoms with Crippen LogP contribution in [0.3, 0.4) is 0 Å². The Morgan fingerprint density at radius 2 is 2.15 bits per heavy atom. The largest absolute Gasteiger partial charge is 0.444 e. The van der Waals surface area contributed by atoms with Gasteiger partial charge < -0.3 is 14.6 Å². The third-order valence-electron chi connectivity index (χ3n) is 3.07. The standard InChI is InChI=1S/C14H17NO5/c16-8-4-7-12-13(17)20-10-15(12)14(18)19-9-11-5-2-1-3-6-11/h1-3,5-6,12,16H,4,7-10H2. The molecule has 1 heterocycles. The van der Waals surface area contributed by atoms with Crippen LogP contribution in [0.25, 0.3) is 0 Å². The smallest absolute Gasteiger partial charge is 0.413 e. The maximum Gasteiger partial charge on any atom is 0.413 e. The van der Waals surface area contributed by atoms with Gasteiger partial charge in [0, 0.05) is 6.61 Å². The summed E-state index contributed by atoms with van der Waals surface area (Å²) >= 11 is 0. The molecular weight excluding hydrogens is 262 g/mol. The van der Waals surface area contributed by atoms with E-state index >= 15 is 0 Å². The Morgan fingerprint density at radius 1 is 1.40 bits per heavy atom. The number of amides is 1. The molecule has 20 heavy (non-hydrogen) atoms. The SMILES string of the molecule is O=C1OCN(C(=O)OCc2ccccc2)C1CCCO. The Morgan fingerprint density at radius 3 is 2.85 bits per heavy atom. The van der Waals surface area contributed by atoms with E-state index < -0.39 is 18.1 Å². The van der Waals surface area contributed by atoms with Crippen molar-refractivity contribution in [3.63, 3.8) is 0 Å². The summed E-state index contributed by atoms with van der Waals surface area (Å²) < 4.78 is 10.0. The van der Waals surface area contributed by atoms with Crippen LogP contribution in [0.4, 0.5) is 4.79 Å². The van der Waals surface area contributed by atoms with Gasteiger partial charge in [-0.3, -0.25) is 4.90 Å². The van der Waals surface area contributed by atoms with Gasteiger partial charge in [0.1, 0.15) is 12.6 Å². The number of aliphatic hydroxyl groups is 1. The van der Waals surface area contributed by atoms with Crippen LogP contribution >= 0.6 is 0 Å². The first-order chi connectivity index (χ1) is 9.72. The molecule has 1 aliphatic rings. The van der Waals surface area contributed by atoms with Crippen LogP contribution in [0.15, 0.2) is 30.3 Å². The second kappa shape index (κ2) is 6.91. The molecule has 0 bridgehead atoms. The maximum atomic E-state index is 11.9. The van der Waals surface area contributed by atoms with E-state index in [0.717, 1.165) is 5.56 Å². The molecule has 0 saturated carbocycles. The average Bonchev–Trinajstić information content (AvgIpc) is 2.85. The van der Waals surface area contributed by atoms with E-state index in [1.165, 1.54) is 4.90 Å². The minimum Gasteiger partial charge on any atom is -0.444 e. The van der Waals surface area contributed by atoms with E-state index in [1.54, 1.807) is 0 Å². The van der Waals surface area contributed by atoms with Crippen LogP contribution in [0.5, 0.6) is 0 Å². The average molecular weight is 279 g/mol. The Hall–Kier alpha value is -2.08. The van der Waals surface area contributed by atoms with Crippen molar-refractivity contribution < 1.29 is 24.2 Å². The Kier molecular flexibility index (Phi) is 4.95. The topological polar surface area (TPSA) is 76.1 Å². The zero-order chi connectivity index (χ0) is 14.4. The molecular formula is C14H17NO5. The molecule has 6 nitrogen and oxygen atoms in total. The second-order valence-corrected chi connectivity index (χ2v) is 4.48. The molecule has 1 atom stereocenters. The normalized spacial score (nSPS) is 17.9. The molecule has 1 N–H and O–H groups in total. The highest BCUT2D eigenvalue weighted by atomic mass is 16.6. The summed E-state index contributed by atoms with van der Waals surface area (Å²) in [6, 6.07) is 8.63. The molecule has 1 aromatic rings. The number of hydrogen-bond donors (Lipinski definition) is 1. The molecule has 0 spiro atoms. The number of hydrogen-bond acceptors (Lipinski definition) is 5. The molecule has 1 saturated heterocycles. The highest BCUT2D eigenvalue weighted by molar-refractivity contribution is 5.83.